The van der Waals surface area contributed by atoms with Gasteiger partial charge < -0.3 is 10.5 Å². The van der Waals surface area contributed by atoms with E-state index in [1.165, 1.54) is 16.0 Å². The number of benzene rings is 1. The van der Waals surface area contributed by atoms with Crippen molar-refractivity contribution in [3.8, 4) is 5.75 Å². The predicted octanol–water partition coefficient (Wildman–Crippen LogP) is 4.82. The molecule has 1 heterocycles. The van der Waals surface area contributed by atoms with E-state index in [1.54, 1.807) is 11.3 Å². The molecule has 0 fully saturated rings. The van der Waals surface area contributed by atoms with Crippen LogP contribution in [0.3, 0.4) is 0 Å². The zero-order chi connectivity index (χ0) is 15.6. The SMILES string of the molecule is Cc1ccsc1C(Oc1ccc(C(C)(C)C)cc1)C(C)N. The zero-order valence-electron chi connectivity index (χ0n) is 13.5. The molecule has 1 aromatic heterocycles. The van der Waals surface area contributed by atoms with E-state index in [0.717, 1.165) is 5.75 Å². The quantitative estimate of drug-likeness (QED) is 0.878. The molecule has 2 unspecified atom stereocenters. The van der Waals surface area contributed by atoms with E-state index in [2.05, 4.69) is 51.3 Å². The van der Waals surface area contributed by atoms with Crippen LogP contribution in [-0.2, 0) is 5.41 Å². The number of aryl methyl sites for hydroxylation is 1. The van der Waals surface area contributed by atoms with Crippen LogP contribution < -0.4 is 10.5 Å². The largest absolute Gasteiger partial charge is 0.483 e. The summed E-state index contributed by atoms with van der Waals surface area (Å²) in [7, 11) is 0. The van der Waals surface area contributed by atoms with Crippen LogP contribution >= 0.6 is 11.3 Å². The van der Waals surface area contributed by atoms with E-state index < -0.39 is 0 Å². The Morgan fingerprint density at radius 3 is 2.14 bits per heavy atom. The van der Waals surface area contributed by atoms with Crippen LogP contribution in [0.25, 0.3) is 0 Å². The summed E-state index contributed by atoms with van der Waals surface area (Å²) >= 11 is 1.71. The van der Waals surface area contributed by atoms with Gasteiger partial charge in [-0.15, -0.1) is 11.3 Å². The summed E-state index contributed by atoms with van der Waals surface area (Å²) in [6.07, 6.45) is -0.0921. The van der Waals surface area contributed by atoms with E-state index >= 15 is 0 Å². The highest BCUT2D eigenvalue weighted by atomic mass is 32.1. The molecule has 0 saturated carbocycles. The van der Waals surface area contributed by atoms with Gasteiger partial charge in [-0.3, -0.25) is 0 Å². The molecule has 1 aromatic carbocycles. The smallest absolute Gasteiger partial charge is 0.148 e. The van der Waals surface area contributed by atoms with Gasteiger partial charge in [0.05, 0.1) is 0 Å². The van der Waals surface area contributed by atoms with Crippen LogP contribution in [0.1, 0.15) is 49.8 Å². The number of hydrogen-bond acceptors (Lipinski definition) is 3. The molecule has 0 saturated heterocycles. The Morgan fingerprint density at radius 1 is 1.10 bits per heavy atom. The van der Waals surface area contributed by atoms with E-state index in [9.17, 15) is 0 Å². The minimum Gasteiger partial charge on any atom is -0.483 e. The average Bonchev–Trinajstić information content (AvgIpc) is 2.81. The molecule has 2 atom stereocenters. The third-order valence-corrected chi connectivity index (χ3v) is 4.70. The Labute approximate surface area is 132 Å². The van der Waals surface area contributed by atoms with Crippen molar-refractivity contribution in [1.29, 1.82) is 0 Å². The number of rotatable bonds is 4. The fourth-order valence-corrected chi connectivity index (χ4v) is 3.33. The fourth-order valence-electron chi connectivity index (χ4n) is 2.26. The maximum absolute atomic E-state index is 6.15. The normalized spacial score (nSPS) is 14.8. The van der Waals surface area contributed by atoms with Crippen molar-refractivity contribution in [2.24, 2.45) is 5.73 Å². The highest BCUT2D eigenvalue weighted by Crippen LogP contribution is 2.31. The molecule has 0 bridgehead atoms. The Balaban J connectivity index is 2.20. The summed E-state index contributed by atoms with van der Waals surface area (Å²) in [4.78, 5) is 1.21. The molecular formula is C18H25NOS. The molecule has 0 amide bonds. The van der Waals surface area contributed by atoms with Crippen molar-refractivity contribution in [2.75, 3.05) is 0 Å². The highest BCUT2D eigenvalue weighted by Gasteiger charge is 2.22. The maximum Gasteiger partial charge on any atom is 0.148 e. The lowest BCUT2D eigenvalue weighted by molar-refractivity contribution is 0.183. The van der Waals surface area contributed by atoms with E-state index in [0.29, 0.717) is 0 Å². The lowest BCUT2D eigenvalue weighted by Gasteiger charge is -2.24. The van der Waals surface area contributed by atoms with Crippen LogP contribution in [-0.4, -0.2) is 6.04 Å². The van der Waals surface area contributed by atoms with Crippen molar-refractivity contribution in [1.82, 2.24) is 0 Å². The molecule has 2 nitrogen and oxygen atoms in total. The zero-order valence-corrected chi connectivity index (χ0v) is 14.3. The van der Waals surface area contributed by atoms with Crippen LogP contribution in [0.2, 0.25) is 0 Å². The van der Waals surface area contributed by atoms with Gasteiger partial charge in [0.25, 0.3) is 0 Å². The first-order chi connectivity index (χ1) is 9.79. The lowest BCUT2D eigenvalue weighted by Crippen LogP contribution is -2.28. The number of hydrogen-bond donors (Lipinski definition) is 1. The van der Waals surface area contributed by atoms with Gasteiger partial charge in [-0.25, -0.2) is 0 Å². The predicted molar refractivity (Wildman–Crippen MR) is 91.2 cm³/mol. The first-order valence-corrected chi connectivity index (χ1v) is 8.24. The van der Waals surface area contributed by atoms with E-state index in [4.69, 9.17) is 10.5 Å². The summed E-state index contributed by atoms with van der Waals surface area (Å²) in [6, 6.07) is 10.4. The van der Waals surface area contributed by atoms with Crippen molar-refractivity contribution in [3.63, 3.8) is 0 Å². The molecule has 0 radical (unpaired) electrons. The number of thiophene rings is 1. The van der Waals surface area contributed by atoms with E-state index in [1.807, 2.05) is 19.1 Å². The van der Waals surface area contributed by atoms with Gasteiger partial charge in [0.15, 0.2) is 0 Å². The lowest BCUT2D eigenvalue weighted by atomic mass is 9.87. The Hall–Kier alpha value is -1.32. The minimum absolute atomic E-state index is 0.0513. The average molecular weight is 303 g/mol. The van der Waals surface area contributed by atoms with Gasteiger partial charge in [0.2, 0.25) is 0 Å². The summed E-state index contributed by atoms with van der Waals surface area (Å²) in [6.45, 7) is 10.7. The third kappa shape index (κ3) is 3.86. The molecule has 2 N–H and O–H groups in total. The van der Waals surface area contributed by atoms with Crippen molar-refractivity contribution in [2.45, 2.75) is 52.2 Å². The first-order valence-electron chi connectivity index (χ1n) is 7.36. The van der Waals surface area contributed by atoms with Crippen molar-refractivity contribution < 1.29 is 4.74 Å². The molecule has 0 spiro atoms. The van der Waals surface area contributed by atoms with Gasteiger partial charge in [-0.1, -0.05) is 32.9 Å². The second-order valence-electron chi connectivity index (χ2n) is 6.64. The van der Waals surface area contributed by atoms with Crippen molar-refractivity contribution in [3.05, 3.63) is 51.7 Å². The molecule has 0 aliphatic rings. The molecule has 2 rings (SSSR count). The standard InChI is InChI=1S/C18H25NOS/c1-12-10-11-21-17(12)16(13(2)19)20-15-8-6-14(7-9-15)18(3,4)5/h6-11,13,16H,19H2,1-5H3. The minimum atomic E-state index is -0.0921. The van der Waals surface area contributed by atoms with E-state index in [-0.39, 0.29) is 17.6 Å². The fraction of sp³-hybridized carbons (Fsp3) is 0.444. The molecular weight excluding hydrogens is 278 g/mol. The Morgan fingerprint density at radius 2 is 1.71 bits per heavy atom. The van der Waals surface area contributed by atoms with Crippen LogP contribution in [0, 0.1) is 6.92 Å². The van der Waals surface area contributed by atoms with Gasteiger partial charge >= 0.3 is 0 Å². The molecule has 21 heavy (non-hydrogen) atoms. The van der Waals surface area contributed by atoms with Gasteiger partial charge in [0, 0.05) is 10.9 Å². The third-order valence-electron chi connectivity index (χ3n) is 3.62. The maximum atomic E-state index is 6.15. The summed E-state index contributed by atoms with van der Waals surface area (Å²) < 4.78 is 6.15. The van der Waals surface area contributed by atoms with Crippen LogP contribution in [0.4, 0.5) is 0 Å². The summed E-state index contributed by atoms with van der Waals surface area (Å²) in [5.74, 6) is 0.873. The van der Waals surface area contributed by atoms with Gasteiger partial charge in [0.1, 0.15) is 11.9 Å². The monoisotopic (exact) mass is 303 g/mol. The summed E-state index contributed by atoms with van der Waals surface area (Å²) in [5, 5.41) is 2.09. The molecule has 3 heteroatoms. The Bertz CT molecular complexity index is 578. The molecule has 2 aromatic rings. The van der Waals surface area contributed by atoms with Gasteiger partial charge in [-0.05, 0) is 54.0 Å². The summed E-state index contributed by atoms with van der Waals surface area (Å²) in [5.41, 5.74) is 8.83. The molecule has 114 valence electrons. The number of ether oxygens (including phenoxy) is 1. The Kier molecular flexibility index (Phi) is 4.74. The second kappa shape index (κ2) is 6.20. The highest BCUT2D eigenvalue weighted by molar-refractivity contribution is 7.10. The van der Waals surface area contributed by atoms with Crippen molar-refractivity contribution >= 4 is 11.3 Å². The number of nitrogens with two attached hydrogens (primary N) is 1. The molecule has 0 aliphatic carbocycles. The van der Waals surface area contributed by atoms with Crippen LogP contribution in [0.5, 0.6) is 5.75 Å². The first kappa shape index (κ1) is 16.1. The molecule has 0 aliphatic heterocycles. The van der Waals surface area contributed by atoms with Gasteiger partial charge in [-0.2, -0.15) is 0 Å². The van der Waals surface area contributed by atoms with Crippen LogP contribution in [0.15, 0.2) is 35.7 Å². The second-order valence-corrected chi connectivity index (χ2v) is 7.59. The topological polar surface area (TPSA) is 35.2 Å².